The summed E-state index contributed by atoms with van der Waals surface area (Å²) in [7, 11) is -10.3. The van der Waals surface area contributed by atoms with Crippen LogP contribution >= 0.6 is 0 Å². The summed E-state index contributed by atoms with van der Waals surface area (Å²) < 4.78 is 84.9. The largest absolute Gasteiger partial charge is 0.534 e. The summed E-state index contributed by atoms with van der Waals surface area (Å²) in [6.07, 6.45) is 1.44. The highest BCUT2D eigenvalue weighted by molar-refractivity contribution is 7.87. The molecule has 0 aromatic heterocycles. The first-order valence-electron chi connectivity index (χ1n) is 11.2. The molecular weight excluding hydrogens is 493 g/mol. The maximum absolute atomic E-state index is 12.9. The van der Waals surface area contributed by atoms with E-state index in [1.165, 1.54) is 6.08 Å². The molecule has 0 N–H and O–H groups in total. The molecule has 0 unspecified atom stereocenters. The van der Waals surface area contributed by atoms with Crippen LogP contribution < -0.4 is 0 Å². The molecule has 6 nitrogen and oxygen atoms in total. The summed E-state index contributed by atoms with van der Waals surface area (Å²) in [4.78, 5) is 0. The van der Waals surface area contributed by atoms with Crippen LogP contribution in [0.2, 0.25) is 36.3 Å². The average Bonchev–Trinajstić information content (AvgIpc) is 2.55. The van der Waals surface area contributed by atoms with Crippen LogP contribution in [-0.2, 0) is 27.9 Å². The zero-order chi connectivity index (χ0) is 26.1. The van der Waals surface area contributed by atoms with Gasteiger partial charge < -0.3 is 17.8 Å². The van der Waals surface area contributed by atoms with Gasteiger partial charge >= 0.3 is 15.6 Å². The summed E-state index contributed by atoms with van der Waals surface area (Å²) in [5.74, 6) is -0.681. The molecule has 0 amide bonds. The van der Waals surface area contributed by atoms with E-state index in [0.717, 1.165) is 0 Å². The zero-order valence-corrected chi connectivity index (χ0v) is 24.4. The topological polar surface area (TPSA) is 71.1 Å². The smallest absolute Gasteiger partial charge is 0.456 e. The highest BCUT2D eigenvalue weighted by atomic mass is 32.2. The zero-order valence-electron chi connectivity index (χ0n) is 21.6. The van der Waals surface area contributed by atoms with Crippen LogP contribution in [0, 0.1) is 0 Å². The number of allylic oxidation sites excluding steroid dienone is 1. The minimum Gasteiger partial charge on any atom is -0.456 e. The standard InChI is InChI=1S/C21H41F3O6SSi2/c1-19(2,3)32(7,8)27-15-17-16(30-33(9,10)20(4,5)6)13-11-12-14-18(28-17)29-31(25,26)21(22,23)24/h14,16-17H,11-13,15H2,1-10H3/b18-14+/t16-,17+/m1/s1. The molecule has 0 aromatic carbocycles. The van der Waals surface area contributed by atoms with E-state index in [2.05, 4.69) is 71.9 Å². The quantitative estimate of drug-likeness (QED) is 0.206. The number of ether oxygens (including phenoxy) is 1. The molecule has 0 fully saturated rings. The second-order valence-corrected chi connectivity index (χ2v) is 22.7. The fraction of sp³-hybridized carbons (Fsp3) is 0.905. The molecule has 1 rings (SSSR count). The van der Waals surface area contributed by atoms with Crippen molar-refractivity contribution in [2.24, 2.45) is 0 Å². The molecule has 1 aliphatic rings. The van der Waals surface area contributed by atoms with Crippen molar-refractivity contribution in [3.63, 3.8) is 0 Å². The van der Waals surface area contributed by atoms with E-state index >= 15 is 0 Å². The Morgan fingerprint density at radius 1 is 1.00 bits per heavy atom. The maximum Gasteiger partial charge on any atom is 0.534 e. The molecule has 2 atom stereocenters. The lowest BCUT2D eigenvalue weighted by Crippen LogP contribution is -2.50. The Morgan fingerprint density at radius 3 is 1.97 bits per heavy atom. The van der Waals surface area contributed by atoms with Gasteiger partial charge in [0.1, 0.15) is 6.10 Å². The van der Waals surface area contributed by atoms with E-state index < -0.39 is 50.4 Å². The number of hydrogen-bond acceptors (Lipinski definition) is 6. The molecule has 0 aliphatic carbocycles. The predicted molar refractivity (Wildman–Crippen MR) is 128 cm³/mol. The van der Waals surface area contributed by atoms with Crippen molar-refractivity contribution in [2.45, 2.75) is 115 Å². The van der Waals surface area contributed by atoms with E-state index in [1.54, 1.807) is 0 Å². The number of alkyl halides is 3. The molecular formula is C21H41F3O6SSi2. The van der Waals surface area contributed by atoms with Crippen LogP contribution in [0.3, 0.4) is 0 Å². The highest BCUT2D eigenvalue weighted by Crippen LogP contribution is 2.40. The van der Waals surface area contributed by atoms with Crippen LogP contribution in [0.15, 0.2) is 12.0 Å². The Labute approximate surface area is 199 Å². The van der Waals surface area contributed by atoms with Crippen molar-refractivity contribution in [3.8, 4) is 0 Å². The minimum atomic E-state index is -5.85. The Bertz CT molecular complexity index is 796. The van der Waals surface area contributed by atoms with E-state index in [0.29, 0.717) is 19.3 Å². The van der Waals surface area contributed by atoms with Crippen molar-refractivity contribution in [2.75, 3.05) is 6.61 Å². The average molecular weight is 535 g/mol. The summed E-state index contributed by atoms with van der Waals surface area (Å²) >= 11 is 0. The van der Waals surface area contributed by atoms with Gasteiger partial charge in [0, 0.05) is 0 Å². The lowest BCUT2D eigenvalue weighted by Gasteiger charge is -2.43. The van der Waals surface area contributed by atoms with Gasteiger partial charge in [-0.25, -0.2) is 0 Å². The lowest BCUT2D eigenvalue weighted by atomic mass is 10.1. The van der Waals surface area contributed by atoms with E-state index in [-0.39, 0.29) is 16.7 Å². The van der Waals surface area contributed by atoms with Crippen molar-refractivity contribution in [1.29, 1.82) is 0 Å². The molecule has 0 radical (unpaired) electrons. The molecule has 196 valence electrons. The predicted octanol–water partition coefficient (Wildman–Crippen LogP) is 6.68. The third-order valence-corrected chi connectivity index (χ3v) is 16.8. The molecule has 0 bridgehead atoms. The molecule has 12 heteroatoms. The van der Waals surface area contributed by atoms with Gasteiger partial charge in [0.05, 0.1) is 12.7 Å². The summed E-state index contributed by atoms with van der Waals surface area (Å²) in [6.45, 7) is 20.8. The molecule has 0 saturated heterocycles. The first kappa shape index (κ1) is 30.5. The first-order chi connectivity index (χ1) is 14.5. The van der Waals surface area contributed by atoms with Gasteiger partial charge in [0.2, 0.25) is 0 Å². The Hall–Kier alpha value is -0.566. The molecule has 0 saturated carbocycles. The molecule has 33 heavy (non-hydrogen) atoms. The third kappa shape index (κ3) is 8.26. The summed E-state index contributed by atoms with van der Waals surface area (Å²) in [5, 5.41) is -0.200. The van der Waals surface area contributed by atoms with Crippen LogP contribution in [0.4, 0.5) is 13.2 Å². The van der Waals surface area contributed by atoms with Crippen LogP contribution in [0.25, 0.3) is 0 Å². The number of rotatable bonds is 7. The monoisotopic (exact) mass is 534 g/mol. The summed E-state index contributed by atoms with van der Waals surface area (Å²) in [5.41, 5.74) is -5.55. The van der Waals surface area contributed by atoms with Gasteiger partial charge in [-0.2, -0.15) is 21.6 Å². The maximum atomic E-state index is 12.9. The van der Waals surface area contributed by atoms with Gasteiger partial charge in [-0.15, -0.1) is 0 Å². The van der Waals surface area contributed by atoms with Gasteiger partial charge in [-0.05, 0) is 61.6 Å². The molecule has 0 spiro atoms. The normalized spacial score (nSPS) is 23.7. The van der Waals surface area contributed by atoms with E-state index in [4.69, 9.17) is 13.6 Å². The lowest BCUT2D eigenvalue weighted by molar-refractivity contribution is -0.0759. The van der Waals surface area contributed by atoms with Crippen LogP contribution in [0.5, 0.6) is 0 Å². The Morgan fingerprint density at radius 2 is 1.52 bits per heavy atom. The second kappa shape index (κ2) is 10.2. The Kier molecular flexibility index (Phi) is 9.41. The first-order valence-corrected chi connectivity index (χ1v) is 18.4. The number of hydrogen-bond donors (Lipinski definition) is 0. The van der Waals surface area contributed by atoms with Crippen LogP contribution in [0.1, 0.15) is 60.8 Å². The third-order valence-electron chi connectivity index (χ3n) is 6.83. The molecule has 1 heterocycles. The van der Waals surface area contributed by atoms with Crippen LogP contribution in [-0.4, -0.2) is 49.4 Å². The second-order valence-electron chi connectivity index (χ2n) is 11.6. The van der Waals surface area contributed by atoms with Gasteiger partial charge in [-0.1, -0.05) is 41.5 Å². The van der Waals surface area contributed by atoms with E-state index in [1.807, 2.05) is 0 Å². The van der Waals surface area contributed by atoms with Gasteiger partial charge in [-0.3, -0.25) is 0 Å². The van der Waals surface area contributed by atoms with Gasteiger partial charge in [0.25, 0.3) is 5.95 Å². The molecule has 0 aromatic rings. The molecule has 1 aliphatic heterocycles. The van der Waals surface area contributed by atoms with Gasteiger partial charge in [0.15, 0.2) is 16.6 Å². The minimum absolute atomic E-state index is 0.0581. The van der Waals surface area contributed by atoms with Crippen molar-refractivity contribution < 1.29 is 39.4 Å². The fourth-order valence-electron chi connectivity index (χ4n) is 2.55. The van der Waals surface area contributed by atoms with Crippen molar-refractivity contribution in [1.82, 2.24) is 0 Å². The van der Waals surface area contributed by atoms with E-state index in [9.17, 15) is 21.6 Å². The highest BCUT2D eigenvalue weighted by Gasteiger charge is 2.50. The van der Waals surface area contributed by atoms with Crippen molar-refractivity contribution >= 4 is 26.8 Å². The number of halogens is 3. The summed E-state index contributed by atoms with van der Waals surface area (Å²) in [6, 6.07) is 0. The fourth-order valence-corrected chi connectivity index (χ4v) is 5.36. The SMILES string of the molecule is CC(C)(C)[Si](C)(C)OC[C@@H]1O/C(OS(=O)(=O)C(F)(F)F)=C\CCC[C@H]1O[Si](C)(C)C(C)(C)C. The Balaban J connectivity index is 3.27. The van der Waals surface area contributed by atoms with Crippen molar-refractivity contribution in [3.05, 3.63) is 12.0 Å².